The molecule has 1 atom stereocenters. The molecule has 8 nitrogen and oxygen atoms in total. The number of nitrogens with one attached hydrogen (secondary N) is 1. The Morgan fingerprint density at radius 2 is 1.90 bits per heavy atom. The molecule has 1 saturated heterocycles. The van der Waals surface area contributed by atoms with Crippen molar-refractivity contribution in [3.05, 3.63) is 66.1 Å². The summed E-state index contributed by atoms with van der Waals surface area (Å²) < 4.78 is 33.1. The number of hydrogen-bond donors (Lipinski definition) is 1. The number of nitrogens with zero attached hydrogens (tertiary/aromatic N) is 4. The maximum absolute atomic E-state index is 13.2. The fourth-order valence-corrected chi connectivity index (χ4v) is 5.15. The SMILES string of the molecule is COc1ccc(S(=O)(=O)N2CCC[C@@H]2c2ccnc(Nc3ccc(C)cn3)n2)cc1. The van der Waals surface area contributed by atoms with E-state index in [0.29, 0.717) is 36.2 Å². The van der Waals surface area contributed by atoms with Crippen LogP contribution in [0, 0.1) is 6.92 Å². The molecule has 3 heterocycles. The normalized spacial score (nSPS) is 17.1. The second-order valence-corrected chi connectivity index (χ2v) is 8.99. The molecule has 30 heavy (non-hydrogen) atoms. The van der Waals surface area contributed by atoms with Gasteiger partial charge in [-0.3, -0.25) is 0 Å². The zero-order valence-electron chi connectivity index (χ0n) is 16.8. The highest BCUT2D eigenvalue weighted by Crippen LogP contribution is 2.36. The van der Waals surface area contributed by atoms with Gasteiger partial charge in [0.25, 0.3) is 0 Å². The highest BCUT2D eigenvalue weighted by molar-refractivity contribution is 7.89. The summed E-state index contributed by atoms with van der Waals surface area (Å²) >= 11 is 0. The van der Waals surface area contributed by atoms with Crippen LogP contribution in [0.15, 0.2) is 59.8 Å². The average molecular weight is 426 g/mol. The lowest BCUT2D eigenvalue weighted by molar-refractivity contribution is 0.390. The zero-order valence-corrected chi connectivity index (χ0v) is 17.6. The highest BCUT2D eigenvalue weighted by Gasteiger charge is 2.37. The second kappa shape index (κ2) is 8.37. The van der Waals surface area contributed by atoms with Crippen molar-refractivity contribution < 1.29 is 13.2 Å². The van der Waals surface area contributed by atoms with E-state index in [2.05, 4.69) is 20.3 Å². The maximum atomic E-state index is 13.2. The van der Waals surface area contributed by atoms with E-state index < -0.39 is 10.0 Å². The van der Waals surface area contributed by atoms with E-state index in [1.54, 1.807) is 49.8 Å². The summed E-state index contributed by atoms with van der Waals surface area (Å²) in [6.45, 7) is 2.41. The van der Waals surface area contributed by atoms with Crippen LogP contribution < -0.4 is 10.1 Å². The Hall–Kier alpha value is -3.04. The minimum absolute atomic E-state index is 0.242. The van der Waals surface area contributed by atoms with Gasteiger partial charge in [-0.05, 0) is 61.7 Å². The minimum Gasteiger partial charge on any atom is -0.497 e. The van der Waals surface area contributed by atoms with Crippen LogP contribution in [-0.4, -0.2) is 41.3 Å². The fourth-order valence-electron chi connectivity index (χ4n) is 3.48. The number of aromatic nitrogens is 3. The Balaban J connectivity index is 1.59. The number of rotatable bonds is 6. The van der Waals surface area contributed by atoms with E-state index in [9.17, 15) is 8.42 Å². The van der Waals surface area contributed by atoms with E-state index in [0.717, 1.165) is 12.0 Å². The largest absolute Gasteiger partial charge is 0.497 e. The number of hydrogen-bond acceptors (Lipinski definition) is 7. The van der Waals surface area contributed by atoms with E-state index >= 15 is 0 Å². The molecule has 0 amide bonds. The molecule has 0 saturated carbocycles. The topological polar surface area (TPSA) is 97.3 Å². The van der Waals surface area contributed by atoms with Crippen molar-refractivity contribution in [3.63, 3.8) is 0 Å². The number of sulfonamides is 1. The number of benzene rings is 1. The molecular weight excluding hydrogens is 402 g/mol. The smallest absolute Gasteiger partial charge is 0.243 e. The molecule has 0 spiro atoms. The Morgan fingerprint density at radius 3 is 2.60 bits per heavy atom. The summed E-state index contributed by atoms with van der Waals surface area (Å²) in [5, 5.41) is 3.08. The number of methoxy groups -OCH3 is 1. The predicted molar refractivity (Wildman–Crippen MR) is 113 cm³/mol. The summed E-state index contributed by atoms with van der Waals surface area (Å²) in [4.78, 5) is 13.4. The molecule has 1 N–H and O–H groups in total. The first-order valence-corrected chi connectivity index (χ1v) is 11.1. The van der Waals surface area contributed by atoms with Crippen LogP contribution >= 0.6 is 0 Å². The molecule has 1 aromatic carbocycles. The van der Waals surface area contributed by atoms with Crippen molar-refractivity contribution in [2.45, 2.75) is 30.7 Å². The first-order valence-electron chi connectivity index (χ1n) is 9.66. The molecule has 0 radical (unpaired) electrons. The van der Waals surface area contributed by atoms with Gasteiger partial charge in [0.2, 0.25) is 16.0 Å². The minimum atomic E-state index is -3.65. The third-order valence-corrected chi connectivity index (χ3v) is 6.96. The van der Waals surface area contributed by atoms with Crippen molar-refractivity contribution >= 4 is 21.8 Å². The second-order valence-electron chi connectivity index (χ2n) is 7.10. The lowest BCUT2D eigenvalue weighted by Gasteiger charge is -2.24. The van der Waals surface area contributed by atoms with Crippen molar-refractivity contribution in [3.8, 4) is 5.75 Å². The summed E-state index contributed by atoms with van der Waals surface area (Å²) in [5.74, 6) is 1.63. The van der Waals surface area contributed by atoms with Crippen LogP contribution in [0.3, 0.4) is 0 Å². The number of aryl methyl sites for hydroxylation is 1. The Bertz CT molecular complexity index is 1120. The van der Waals surface area contributed by atoms with Crippen LogP contribution in [0.1, 0.15) is 30.1 Å². The van der Waals surface area contributed by atoms with Gasteiger partial charge in [-0.15, -0.1) is 0 Å². The van der Waals surface area contributed by atoms with Gasteiger partial charge >= 0.3 is 0 Å². The van der Waals surface area contributed by atoms with Gasteiger partial charge in [-0.1, -0.05) is 6.07 Å². The standard InChI is InChI=1S/C21H23N5O3S/c1-15-5-10-20(23-14-15)25-21-22-12-11-18(24-21)19-4-3-13-26(19)30(27,28)17-8-6-16(29-2)7-9-17/h5-12,14,19H,3-4,13H2,1-2H3,(H,22,23,24,25)/t19-/m1/s1. The molecule has 156 valence electrons. The number of anilines is 2. The summed E-state index contributed by atoms with van der Waals surface area (Å²) in [6.07, 6.45) is 4.86. The Labute approximate surface area is 176 Å². The molecule has 0 aliphatic carbocycles. The van der Waals surface area contributed by atoms with Gasteiger partial charge in [-0.25, -0.2) is 23.4 Å². The number of pyridine rings is 1. The quantitative estimate of drug-likeness (QED) is 0.646. The fraction of sp³-hybridized carbons (Fsp3) is 0.286. The first kappa shape index (κ1) is 20.2. The van der Waals surface area contributed by atoms with Crippen LogP contribution in [0.5, 0.6) is 5.75 Å². The molecule has 3 aromatic rings. The number of ether oxygens (including phenoxy) is 1. The van der Waals surface area contributed by atoms with Crippen LogP contribution in [0.2, 0.25) is 0 Å². The summed E-state index contributed by atoms with van der Waals surface area (Å²) in [6, 6.07) is 11.7. The van der Waals surface area contributed by atoms with Crippen molar-refractivity contribution in [1.82, 2.24) is 19.3 Å². The van der Waals surface area contributed by atoms with Gasteiger partial charge in [-0.2, -0.15) is 4.31 Å². The van der Waals surface area contributed by atoms with Crippen LogP contribution in [0.25, 0.3) is 0 Å². The predicted octanol–water partition coefficient (Wildman–Crippen LogP) is 3.46. The molecule has 1 fully saturated rings. The van der Waals surface area contributed by atoms with Crippen LogP contribution in [0.4, 0.5) is 11.8 Å². The van der Waals surface area contributed by atoms with Gasteiger partial charge in [0.05, 0.1) is 23.7 Å². The molecule has 0 unspecified atom stereocenters. The lowest BCUT2D eigenvalue weighted by atomic mass is 10.1. The molecule has 0 bridgehead atoms. The van der Waals surface area contributed by atoms with E-state index in [1.165, 1.54) is 4.31 Å². The van der Waals surface area contributed by atoms with Crippen LogP contribution in [-0.2, 0) is 10.0 Å². The molecular formula is C21H23N5O3S. The molecule has 2 aromatic heterocycles. The zero-order chi connectivity index (χ0) is 21.1. The average Bonchev–Trinajstić information content (AvgIpc) is 3.27. The monoisotopic (exact) mass is 425 g/mol. The molecule has 4 rings (SSSR count). The van der Waals surface area contributed by atoms with Crippen molar-refractivity contribution in [1.29, 1.82) is 0 Å². The summed E-state index contributed by atoms with van der Waals surface area (Å²) in [7, 11) is -2.10. The van der Waals surface area contributed by atoms with Crippen molar-refractivity contribution in [2.75, 3.05) is 19.0 Å². The van der Waals surface area contributed by atoms with Gasteiger partial charge in [0.15, 0.2) is 0 Å². The van der Waals surface area contributed by atoms with Crippen molar-refractivity contribution in [2.24, 2.45) is 0 Å². The molecule has 1 aliphatic rings. The van der Waals surface area contributed by atoms with Gasteiger partial charge in [0, 0.05) is 18.9 Å². The van der Waals surface area contributed by atoms with E-state index in [-0.39, 0.29) is 10.9 Å². The Kier molecular flexibility index (Phi) is 5.65. The Morgan fingerprint density at radius 1 is 1.10 bits per heavy atom. The maximum Gasteiger partial charge on any atom is 0.243 e. The summed E-state index contributed by atoms with van der Waals surface area (Å²) in [5.41, 5.74) is 1.72. The first-order chi connectivity index (χ1) is 14.5. The molecule has 1 aliphatic heterocycles. The molecule has 9 heteroatoms. The van der Waals surface area contributed by atoms with Gasteiger partial charge in [0.1, 0.15) is 11.6 Å². The van der Waals surface area contributed by atoms with E-state index in [4.69, 9.17) is 4.74 Å². The van der Waals surface area contributed by atoms with E-state index in [1.807, 2.05) is 19.1 Å². The lowest BCUT2D eigenvalue weighted by Crippen LogP contribution is -2.31. The third-order valence-electron chi connectivity index (χ3n) is 5.04. The highest BCUT2D eigenvalue weighted by atomic mass is 32.2. The van der Waals surface area contributed by atoms with Gasteiger partial charge < -0.3 is 10.1 Å². The third kappa shape index (κ3) is 4.12.